The fourth-order valence-electron chi connectivity index (χ4n) is 4.36. The molecular weight excluding hydrogens is 362 g/mol. The maximum absolute atomic E-state index is 11.6. The first-order valence-electron chi connectivity index (χ1n) is 11.1. The average Bonchev–Trinajstić information content (AvgIpc) is 2.72. The first-order chi connectivity index (χ1) is 14.1. The molecule has 6 heteroatoms. The molecule has 2 fully saturated rings. The van der Waals surface area contributed by atoms with Gasteiger partial charge in [-0.25, -0.2) is 4.99 Å². The number of piperidine rings is 1. The number of hydrogen-bond donors (Lipinski definition) is 1. The number of benzene rings is 1. The normalized spacial score (nSPS) is 21.3. The van der Waals surface area contributed by atoms with E-state index in [9.17, 15) is 4.79 Å². The molecule has 1 unspecified atom stereocenters. The lowest BCUT2D eigenvalue weighted by atomic mass is 9.99. The van der Waals surface area contributed by atoms with Crippen molar-refractivity contribution in [2.24, 2.45) is 10.9 Å². The second-order valence-electron chi connectivity index (χ2n) is 8.41. The van der Waals surface area contributed by atoms with Crippen molar-refractivity contribution in [3.05, 3.63) is 35.4 Å². The lowest BCUT2D eigenvalue weighted by Gasteiger charge is -2.36. The lowest BCUT2D eigenvalue weighted by molar-refractivity contribution is -0.130. The monoisotopic (exact) mass is 399 g/mol. The summed E-state index contributed by atoms with van der Waals surface area (Å²) in [7, 11) is 0. The van der Waals surface area contributed by atoms with Gasteiger partial charge in [-0.05, 0) is 43.4 Å². The van der Waals surface area contributed by atoms with Gasteiger partial charge in [0.2, 0.25) is 5.91 Å². The summed E-state index contributed by atoms with van der Waals surface area (Å²) in [6.07, 6.45) is 2.66. The number of amides is 1. The Kier molecular flexibility index (Phi) is 7.92. The summed E-state index contributed by atoms with van der Waals surface area (Å²) in [6, 6.07) is 8.72. The Labute approximate surface area is 176 Å². The van der Waals surface area contributed by atoms with E-state index >= 15 is 0 Å². The highest BCUT2D eigenvalue weighted by atomic mass is 16.2. The summed E-state index contributed by atoms with van der Waals surface area (Å²) in [5, 5.41) is 3.44. The molecule has 160 valence electrons. The van der Waals surface area contributed by atoms with E-state index in [1.807, 2.05) is 4.90 Å². The summed E-state index contributed by atoms with van der Waals surface area (Å²) in [4.78, 5) is 23.3. The van der Waals surface area contributed by atoms with Crippen molar-refractivity contribution >= 4 is 11.9 Å². The largest absolute Gasteiger partial charge is 0.357 e. The molecule has 0 aromatic heterocycles. The van der Waals surface area contributed by atoms with Crippen LogP contribution < -0.4 is 5.32 Å². The Hall–Kier alpha value is -2.08. The molecule has 2 aliphatic heterocycles. The maximum atomic E-state index is 11.6. The van der Waals surface area contributed by atoms with E-state index in [1.165, 1.54) is 37.1 Å². The van der Waals surface area contributed by atoms with Gasteiger partial charge >= 0.3 is 0 Å². The molecule has 29 heavy (non-hydrogen) atoms. The number of carbonyl (C=O) groups excluding carboxylic acids is 1. The average molecular weight is 400 g/mol. The number of likely N-dealkylation sites (tertiary alicyclic amines) is 1. The van der Waals surface area contributed by atoms with Crippen LogP contribution in [0.4, 0.5) is 0 Å². The molecule has 0 spiro atoms. The van der Waals surface area contributed by atoms with Gasteiger partial charge in [-0.15, -0.1) is 0 Å². The van der Waals surface area contributed by atoms with Crippen LogP contribution in [0, 0.1) is 5.92 Å². The maximum Gasteiger partial charge on any atom is 0.219 e. The minimum atomic E-state index is 0.160. The molecule has 3 rings (SSSR count). The SMILES string of the molecule is CCNC(=NCc1ccccc1CN1CCCC(C)C1)N1CCN(C(C)=O)CC1. The smallest absolute Gasteiger partial charge is 0.219 e. The number of piperazine rings is 1. The van der Waals surface area contributed by atoms with Gasteiger partial charge in [0.05, 0.1) is 6.54 Å². The van der Waals surface area contributed by atoms with Crippen LogP contribution in [0.15, 0.2) is 29.3 Å². The quantitative estimate of drug-likeness (QED) is 0.611. The summed E-state index contributed by atoms with van der Waals surface area (Å²) < 4.78 is 0. The van der Waals surface area contributed by atoms with Crippen LogP contribution in [0.1, 0.15) is 44.7 Å². The molecule has 0 saturated carbocycles. The molecule has 1 amide bonds. The number of nitrogens with zero attached hydrogens (tertiary/aromatic N) is 4. The van der Waals surface area contributed by atoms with Gasteiger partial charge < -0.3 is 15.1 Å². The molecule has 1 aromatic rings. The van der Waals surface area contributed by atoms with Gasteiger partial charge in [0, 0.05) is 52.7 Å². The summed E-state index contributed by atoms with van der Waals surface area (Å²) in [5.74, 6) is 1.91. The highest BCUT2D eigenvalue weighted by molar-refractivity contribution is 5.80. The zero-order chi connectivity index (χ0) is 20.6. The van der Waals surface area contributed by atoms with Crippen molar-refractivity contribution in [2.45, 2.75) is 46.7 Å². The minimum Gasteiger partial charge on any atom is -0.357 e. The predicted molar refractivity (Wildman–Crippen MR) is 119 cm³/mol. The van der Waals surface area contributed by atoms with Gasteiger partial charge in [-0.2, -0.15) is 0 Å². The fourth-order valence-corrected chi connectivity index (χ4v) is 4.36. The van der Waals surface area contributed by atoms with Crippen molar-refractivity contribution in [3.8, 4) is 0 Å². The van der Waals surface area contributed by atoms with Crippen LogP contribution in [0.25, 0.3) is 0 Å². The molecule has 6 nitrogen and oxygen atoms in total. The summed E-state index contributed by atoms with van der Waals surface area (Å²) >= 11 is 0. The molecule has 0 radical (unpaired) electrons. The molecular formula is C23H37N5O. The molecule has 1 aromatic carbocycles. The lowest BCUT2D eigenvalue weighted by Crippen LogP contribution is -2.53. The Morgan fingerprint density at radius 2 is 1.79 bits per heavy atom. The molecule has 2 aliphatic rings. The van der Waals surface area contributed by atoms with Gasteiger partial charge in [-0.3, -0.25) is 9.69 Å². The Bertz CT molecular complexity index is 696. The number of guanidine groups is 1. The van der Waals surface area contributed by atoms with Gasteiger partial charge in [0.1, 0.15) is 0 Å². The van der Waals surface area contributed by atoms with Crippen molar-refractivity contribution in [2.75, 3.05) is 45.8 Å². The van der Waals surface area contributed by atoms with Crippen LogP contribution in [0.2, 0.25) is 0 Å². The van der Waals surface area contributed by atoms with Gasteiger partial charge in [-0.1, -0.05) is 31.2 Å². The van der Waals surface area contributed by atoms with Crippen LogP contribution in [0.5, 0.6) is 0 Å². The Morgan fingerprint density at radius 3 is 2.45 bits per heavy atom. The minimum absolute atomic E-state index is 0.160. The number of aliphatic imine (C=N–C) groups is 1. The first-order valence-corrected chi connectivity index (χ1v) is 11.1. The number of hydrogen-bond acceptors (Lipinski definition) is 3. The van der Waals surface area contributed by atoms with Crippen LogP contribution in [-0.2, 0) is 17.9 Å². The third-order valence-corrected chi connectivity index (χ3v) is 6.01. The highest BCUT2D eigenvalue weighted by Crippen LogP contribution is 2.20. The van der Waals surface area contributed by atoms with Gasteiger partial charge in [0.25, 0.3) is 0 Å². The van der Waals surface area contributed by atoms with Crippen molar-refractivity contribution in [3.63, 3.8) is 0 Å². The Morgan fingerprint density at radius 1 is 1.10 bits per heavy atom. The standard InChI is InChI=1S/C23H37N5O/c1-4-24-23(28-14-12-27(13-15-28)20(3)29)25-16-21-9-5-6-10-22(21)18-26-11-7-8-19(2)17-26/h5-6,9-10,19H,4,7-8,11-18H2,1-3H3,(H,24,25). The van der Waals surface area contributed by atoms with E-state index in [1.54, 1.807) is 6.92 Å². The van der Waals surface area contributed by atoms with Gasteiger partial charge in [0.15, 0.2) is 5.96 Å². The molecule has 1 N–H and O–H groups in total. The third kappa shape index (κ3) is 6.20. The molecule has 0 aliphatic carbocycles. The second-order valence-corrected chi connectivity index (χ2v) is 8.41. The zero-order valence-corrected chi connectivity index (χ0v) is 18.4. The topological polar surface area (TPSA) is 51.2 Å². The number of rotatable bonds is 5. The van der Waals surface area contributed by atoms with Crippen LogP contribution >= 0.6 is 0 Å². The molecule has 2 saturated heterocycles. The summed E-state index contributed by atoms with van der Waals surface area (Å²) in [5.41, 5.74) is 2.70. The van der Waals surface area contributed by atoms with E-state index in [0.717, 1.165) is 51.1 Å². The van der Waals surface area contributed by atoms with Crippen molar-refractivity contribution < 1.29 is 4.79 Å². The highest BCUT2D eigenvalue weighted by Gasteiger charge is 2.21. The van der Waals surface area contributed by atoms with Crippen LogP contribution in [0.3, 0.4) is 0 Å². The summed E-state index contributed by atoms with van der Waals surface area (Å²) in [6.45, 7) is 14.3. The number of carbonyl (C=O) groups is 1. The second kappa shape index (κ2) is 10.6. The predicted octanol–water partition coefficient (Wildman–Crippen LogP) is 2.55. The van der Waals surface area contributed by atoms with Crippen molar-refractivity contribution in [1.29, 1.82) is 0 Å². The zero-order valence-electron chi connectivity index (χ0n) is 18.4. The van der Waals surface area contributed by atoms with E-state index in [2.05, 4.69) is 53.2 Å². The van der Waals surface area contributed by atoms with E-state index < -0.39 is 0 Å². The molecule has 0 bridgehead atoms. The fraction of sp³-hybridized carbons (Fsp3) is 0.652. The third-order valence-electron chi connectivity index (χ3n) is 6.01. The molecule has 2 heterocycles. The van der Waals surface area contributed by atoms with Crippen molar-refractivity contribution in [1.82, 2.24) is 20.0 Å². The van der Waals surface area contributed by atoms with E-state index in [-0.39, 0.29) is 5.91 Å². The van der Waals surface area contributed by atoms with Crippen LogP contribution in [-0.4, -0.2) is 72.4 Å². The molecule has 1 atom stereocenters. The van der Waals surface area contributed by atoms with E-state index in [4.69, 9.17) is 4.99 Å². The number of nitrogens with one attached hydrogen (secondary N) is 1. The first kappa shape index (κ1) is 21.6. The Balaban J connectivity index is 1.65. The van der Waals surface area contributed by atoms with E-state index in [0.29, 0.717) is 6.54 Å².